The van der Waals surface area contributed by atoms with Gasteiger partial charge in [-0.15, -0.1) is 0 Å². The maximum atomic E-state index is 17.4. The fourth-order valence-corrected chi connectivity index (χ4v) is 7.58. The third-order valence-electron chi connectivity index (χ3n) is 9.46. The largest absolute Gasteiger partial charge is 0.457 e. The number of hydrogen-bond donors (Lipinski definition) is 1. The number of Topliss-reactive ketones (excluding diaryl/α,β-unsaturated/α-hetero) is 1. The van der Waals surface area contributed by atoms with E-state index in [9.17, 15) is 19.5 Å². The fraction of sp³-hybridized carbons (Fsp3) is 0.714. The number of carbonyl (C=O) groups is 3. The minimum Gasteiger partial charge on any atom is -0.457 e. The molecule has 0 saturated heterocycles. The van der Waals surface area contributed by atoms with Crippen LogP contribution in [0.3, 0.4) is 0 Å². The van der Waals surface area contributed by atoms with Crippen LogP contribution in [0.5, 0.6) is 0 Å². The molecule has 1 N–H and O–H groups in total. The highest BCUT2D eigenvalue weighted by Crippen LogP contribution is 2.67. The Labute approximate surface area is 212 Å². The molecule has 0 aromatic rings. The third-order valence-corrected chi connectivity index (χ3v) is 9.46. The van der Waals surface area contributed by atoms with Gasteiger partial charge in [-0.25, -0.2) is 4.39 Å². The molecule has 0 amide bonds. The van der Waals surface area contributed by atoms with Gasteiger partial charge in [-0.1, -0.05) is 32.4 Å². The molecule has 3 saturated carbocycles. The molecular formula is C28H38FNO6. The molecule has 198 valence electrons. The second-order valence-electron chi connectivity index (χ2n) is 11.0. The lowest BCUT2D eigenvalue weighted by atomic mass is 9.48. The topological polar surface area (TPSA) is 102 Å². The van der Waals surface area contributed by atoms with Crippen LogP contribution in [-0.4, -0.2) is 59.6 Å². The fourth-order valence-electron chi connectivity index (χ4n) is 7.58. The molecule has 0 aromatic heterocycles. The number of carbonyl (C=O) groups excluding carboxylic acids is 3. The summed E-state index contributed by atoms with van der Waals surface area (Å²) in [6, 6.07) is 0. The number of rotatable bonds is 6. The van der Waals surface area contributed by atoms with E-state index in [0.29, 0.717) is 19.3 Å². The molecule has 1 unspecified atom stereocenters. The maximum Gasteiger partial charge on any atom is 0.306 e. The van der Waals surface area contributed by atoms with Gasteiger partial charge >= 0.3 is 11.9 Å². The average Bonchev–Trinajstić information content (AvgIpc) is 3.14. The minimum absolute atomic E-state index is 0.0160. The molecular weight excluding hydrogens is 465 g/mol. The molecule has 4 aliphatic rings. The Morgan fingerprint density at radius 2 is 1.86 bits per heavy atom. The number of aliphatic hydroxyl groups is 1. The number of esters is 2. The molecule has 0 spiro atoms. The standard InChI is InChI=1S/C28H38FNO6/c1-6-24(33)35-15-23(32)27(36-25(34)7-2)16(3)12-19-20-9-8-17-13-18(30-5)10-11-26(17,4)28(20,29)22(31)14-21(19)27/h10-11,13,16,19-22,31H,6-9,12,14-15H2,1-5H3/t16-,19-,20-,21?,22-,26-,27+,28-/m0/s1. The summed E-state index contributed by atoms with van der Waals surface area (Å²) in [4.78, 5) is 42.2. The van der Waals surface area contributed by atoms with Gasteiger partial charge in [0.25, 0.3) is 0 Å². The van der Waals surface area contributed by atoms with E-state index < -0.39 is 64.9 Å². The number of fused-ring (bicyclic) bond motifs is 5. The van der Waals surface area contributed by atoms with Gasteiger partial charge in [0.05, 0.1) is 11.8 Å². The average molecular weight is 504 g/mol. The van der Waals surface area contributed by atoms with Crippen molar-refractivity contribution in [2.45, 2.75) is 83.6 Å². The second kappa shape index (κ2) is 9.51. The van der Waals surface area contributed by atoms with Crippen LogP contribution >= 0.6 is 0 Å². The Bertz CT molecular complexity index is 1040. The first kappa shape index (κ1) is 26.7. The molecule has 36 heavy (non-hydrogen) atoms. The van der Waals surface area contributed by atoms with E-state index in [1.54, 1.807) is 20.9 Å². The summed E-state index contributed by atoms with van der Waals surface area (Å²) in [5.41, 5.74) is -2.80. The molecule has 0 heterocycles. The first-order chi connectivity index (χ1) is 17.0. The van der Waals surface area contributed by atoms with Crippen LogP contribution in [0.2, 0.25) is 0 Å². The van der Waals surface area contributed by atoms with Crippen molar-refractivity contribution in [3.63, 3.8) is 0 Å². The Hall–Kier alpha value is -2.35. The van der Waals surface area contributed by atoms with E-state index in [0.717, 1.165) is 11.3 Å². The van der Waals surface area contributed by atoms with Crippen molar-refractivity contribution in [1.82, 2.24) is 0 Å². The van der Waals surface area contributed by atoms with E-state index in [1.807, 2.05) is 32.1 Å². The summed E-state index contributed by atoms with van der Waals surface area (Å²) in [6.45, 7) is 6.46. The normalized spacial score (nSPS) is 42.1. The number of alkyl halides is 1. The number of hydrogen-bond acceptors (Lipinski definition) is 7. The van der Waals surface area contributed by atoms with Crippen molar-refractivity contribution in [3.8, 4) is 0 Å². The Morgan fingerprint density at radius 3 is 2.50 bits per heavy atom. The third kappa shape index (κ3) is 3.70. The molecule has 0 aromatic carbocycles. The van der Waals surface area contributed by atoms with Gasteiger partial charge in [-0.2, -0.15) is 0 Å². The van der Waals surface area contributed by atoms with Crippen LogP contribution < -0.4 is 0 Å². The van der Waals surface area contributed by atoms with Crippen molar-refractivity contribution in [1.29, 1.82) is 0 Å². The molecule has 8 atom stereocenters. The second-order valence-corrected chi connectivity index (χ2v) is 11.0. The summed E-state index contributed by atoms with van der Waals surface area (Å²) in [5.74, 6) is -3.30. The van der Waals surface area contributed by atoms with Crippen molar-refractivity contribution in [3.05, 3.63) is 23.8 Å². The number of ketones is 1. The molecule has 0 radical (unpaired) electrons. The number of halogens is 1. The lowest BCUT2D eigenvalue weighted by molar-refractivity contribution is -0.203. The molecule has 7 nitrogen and oxygen atoms in total. The summed E-state index contributed by atoms with van der Waals surface area (Å²) < 4.78 is 28.4. The molecule has 0 bridgehead atoms. The Morgan fingerprint density at radius 1 is 1.17 bits per heavy atom. The molecule has 4 rings (SSSR count). The van der Waals surface area contributed by atoms with Crippen molar-refractivity contribution >= 4 is 23.4 Å². The van der Waals surface area contributed by atoms with Crippen molar-refractivity contribution in [2.24, 2.45) is 34.1 Å². The SMILES string of the molecule is CCC(=O)OCC(=O)[C@]1(OC(=O)CC)C2C[C@H](O)[C@@]3(F)[C@@H](CCC4=CC(=NC)C=C[C@@]43C)[C@@H]2C[C@@H]1C. The van der Waals surface area contributed by atoms with Crippen LogP contribution in [0.25, 0.3) is 0 Å². The van der Waals surface area contributed by atoms with E-state index in [4.69, 9.17) is 9.47 Å². The zero-order valence-electron chi connectivity index (χ0n) is 21.9. The summed E-state index contributed by atoms with van der Waals surface area (Å²) in [5, 5.41) is 11.5. The first-order valence-corrected chi connectivity index (χ1v) is 13.1. The Balaban J connectivity index is 1.74. The molecule has 4 aliphatic carbocycles. The number of allylic oxidation sites excluding steroid dienone is 4. The predicted octanol–water partition coefficient (Wildman–Crippen LogP) is 3.93. The highest BCUT2D eigenvalue weighted by atomic mass is 19.1. The summed E-state index contributed by atoms with van der Waals surface area (Å²) >= 11 is 0. The number of ether oxygens (including phenoxy) is 2. The lowest BCUT2D eigenvalue weighted by Crippen LogP contribution is -2.66. The summed E-state index contributed by atoms with van der Waals surface area (Å²) in [6.07, 6.45) is 6.04. The van der Waals surface area contributed by atoms with E-state index in [1.165, 1.54) is 0 Å². The van der Waals surface area contributed by atoms with E-state index >= 15 is 4.39 Å². The minimum atomic E-state index is -1.93. The van der Waals surface area contributed by atoms with Gasteiger partial charge in [0.2, 0.25) is 5.78 Å². The zero-order valence-corrected chi connectivity index (χ0v) is 21.9. The van der Waals surface area contributed by atoms with Crippen molar-refractivity contribution in [2.75, 3.05) is 13.7 Å². The highest BCUT2D eigenvalue weighted by molar-refractivity contribution is 6.05. The van der Waals surface area contributed by atoms with Gasteiger partial charge in [-0.05, 0) is 50.7 Å². The zero-order chi connectivity index (χ0) is 26.5. The van der Waals surface area contributed by atoms with Crippen LogP contribution in [0.1, 0.15) is 66.2 Å². The lowest BCUT2D eigenvalue weighted by Gasteiger charge is -2.60. The van der Waals surface area contributed by atoms with Crippen molar-refractivity contribution < 1.29 is 33.4 Å². The van der Waals surface area contributed by atoms with Gasteiger partial charge < -0.3 is 14.6 Å². The van der Waals surface area contributed by atoms with Gasteiger partial charge in [0.15, 0.2) is 17.9 Å². The van der Waals surface area contributed by atoms with Crippen LogP contribution in [0.15, 0.2) is 28.8 Å². The monoisotopic (exact) mass is 503 g/mol. The predicted molar refractivity (Wildman–Crippen MR) is 132 cm³/mol. The Kier molecular flexibility index (Phi) is 7.05. The van der Waals surface area contributed by atoms with Gasteiger partial charge in [-0.3, -0.25) is 19.4 Å². The van der Waals surface area contributed by atoms with Crippen LogP contribution in [-0.2, 0) is 23.9 Å². The summed E-state index contributed by atoms with van der Waals surface area (Å²) in [7, 11) is 1.70. The van der Waals surface area contributed by atoms with Gasteiger partial charge in [0.1, 0.15) is 0 Å². The highest BCUT2D eigenvalue weighted by Gasteiger charge is 2.72. The maximum absolute atomic E-state index is 17.4. The van der Waals surface area contributed by atoms with E-state index in [2.05, 4.69) is 4.99 Å². The molecule has 3 fully saturated rings. The van der Waals surface area contributed by atoms with Crippen LogP contribution in [0, 0.1) is 29.1 Å². The first-order valence-electron chi connectivity index (χ1n) is 13.1. The quantitative estimate of drug-likeness (QED) is 0.551. The molecule has 8 heteroatoms. The van der Waals surface area contributed by atoms with E-state index in [-0.39, 0.29) is 25.2 Å². The smallest absolute Gasteiger partial charge is 0.306 e. The molecule has 0 aliphatic heterocycles. The van der Waals surface area contributed by atoms with Gasteiger partial charge in [0, 0.05) is 43.1 Å². The number of aliphatic hydroxyl groups excluding tert-OH is 1. The number of aliphatic imine (C=N–C) groups is 1. The number of nitrogens with zero attached hydrogens (tertiary/aromatic N) is 1. The van der Waals surface area contributed by atoms with Crippen LogP contribution in [0.4, 0.5) is 4.39 Å².